The second kappa shape index (κ2) is 5.05. The molecule has 0 aliphatic carbocycles. The van der Waals surface area contributed by atoms with Crippen LogP contribution in [-0.2, 0) is 0 Å². The maximum absolute atomic E-state index is 10.6. The lowest BCUT2D eigenvalue weighted by Gasteiger charge is -2.11. The molecular weight excluding hydrogens is 196 g/mol. The van der Waals surface area contributed by atoms with E-state index in [9.17, 15) is 9.90 Å². The van der Waals surface area contributed by atoms with Crippen LogP contribution in [0.25, 0.3) is 0 Å². The molecule has 0 amide bonds. The van der Waals surface area contributed by atoms with Crippen molar-refractivity contribution in [1.29, 1.82) is 0 Å². The summed E-state index contributed by atoms with van der Waals surface area (Å²) < 4.78 is 10.2. The van der Waals surface area contributed by atoms with E-state index in [2.05, 4.69) is 6.58 Å². The molecule has 15 heavy (non-hydrogen) atoms. The number of hydrogen-bond donors (Lipinski definition) is 0. The number of ether oxygens (including phenoxy) is 2. The minimum atomic E-state index is -1.25. The van der Waals surface area contributed by atoms with Gasteiger partial charge in [-0.15, -0.1) is 0 Å². The second-order valence-electron chi connectivity index (χ2n) is 2.75. The van der Waals surface area contributed by atoms with Crippen molar-refractivity contribution < 1.29 is 19.4 Å². The van der Waals surface area contributed by atoms with Gasteiger partial charge in [-0.25, -0.2) is 0 Å². The summed E-state index contributed by atoms with van der Waals surface area (Å²) in [7, 11) is 1.44. The molecule has 1 rings (SSSR count). The summed E-state index contributed by atoms with van der Waals surface area (Å²) in [5.41, 5.74) is 0.0535. The number of aromatic carboxylic acids is 1. The van der Waals surface area contributed by atoms with Crippen molar-refractivity contribution in [3.63, 3.8) is 0 Å². The molecule has 0 atom stereocenters. The number of benzene rings is 1. The van der Waals surface area contributed by atoms with Gasteiger partial charge < -0.3 is 19.4 Å². The lowest BCUT2D eigenvalue weighted by Crippen LogP contribution is -2.22. The number of methoxy groups -OCH3 is 1. The van der Waals surface area contributed by atoms with E-state index < -0.39 is 5.97 Å². The Morgan fingerprint density at radius 1 is 1.53 bits per heavy atom. The van der Waals surface area contributed by atoms with Crippen LogP contribution >= 0.6 is 0 Å². The molecule has 4 nitrogen and oxygen atoms in total. The molecule has 0 radical (unpaired) electrons. The number of carbonyl (C=O) groups excluding carboxylic acids is 1. The average molecular weight is 207 g/mol. The van der Waals surface area contributed by atoms with Gasteiger partial charge in [0.1, 0.15) is 6.61 Å². The van der Waals surface area contributed by atoms with Crippen molar-refractivity contribution in [2.75, 3.05) is 13.7 Å². The first-order valence-corrected chi connectivity index (χ1v) is 4.32. The summed E-state index contributed by atoms with van der Waals surface area (Å²) in [5.74, 6) is -0.412. The van der Waals surface area contributed by atoms with Crippen molar-refractivity contribution >= 4 is 5.97 Å². The van der Waals surface area contributed by atoms with E-state index in [0.717, 1.165) is 0 Å². The standard InChI is InChI=1S/C11H12O4/c1-3-6-15-9-5-4-8(11(12)13)7-10(9)14-2/h3-5,7H,1,6H2,2H3,(H,12,13)/p-1. The molecule has 0 unspecified atom stereocenters. The smallest absolute Gasteiger partial charge is 0.161 e. The Balaban J connectivity index is 2.97. The number of carboxylic acids is 1. The Morgan fingerprint density at radius 2 is 2.27 bits per heavy atom. The van der Waals surface area contributed by atoms with Gasteiger partial charge in [0.05, 0.1) is 13.1 Å². The predicted molar refractivity (Wildman–Crippen MR) is 53.0 cm³/mol. The Kier molecular flexibility index (Phi) is 3.74. The monoisotopic (exact) mass is 207 g/mol. The van der Waals surface area contributed by atoms with Crippen LogP contribution in [0.15, 0.2) is 30.9 Å². The maximum atomic E-state index is 10.6. The number of carboxylic acid groups (broad SMARTS) is 1. The van der Waals surface area contributed by atoms with Crippen LogP contribution in [0.2, 0.25) is 0 Å². The number of rotatable bonds is 5. The zero-order valence-corrected chi connectivity index (χ0v) is 8.36. The van der Waals surface area contributed by atoms with Crippen LogP contribution in [0, 0.1) is 0 Å². The molecule has 0 saturated heterocycles. The maximum Gasteiger partial charge on any atom is 0.161 e. The summed E-state index contributed by atoms with van der Waals surface area (Å²) in [6.07, 6.45) is 1.59. The Hall–Kier alpha value is -1.97. The molecule has 0 N–H and O–H groups in total. The molecule has 0 aliphatic rings. The lowest BCUT2D eigenvalue weighted by atomic mass is 10.2. The fourth-order valence-electron chi connectivity index (χ4n) is 1.06. The van der Waals surface area contributed by atoms with E-state index in [1.807, 2.05) is 0 Å². The fourth-order valence-corrected chi connectivity index (χ4v) is 1.06. The molecule has 80 valence electrons. The van der Waals surface area contributed by atoms with Crippen LogP contribution in [-0.4, -0.2) is 19.7 Å². The Morgan fingerprint density at radius 3 is 2.80 bits per heavy atom. The van der Waals surface area contributed by atoms with E-state index in [-0.39, 0.29) is 5.56 Å². The van der Waals surface area contributed by atoms with E-state index in [1.54, 1.807) is 6.08 Å². The van der Waals surface area contributed by atoms with Gasteiger partial charge >= 0.3 is 0 Å². The van der Waals surface area contributed by atoms with Gasteiger partial charge in [0.2, 0.25) is 0 Å². The Bertz CT molecular complexity index is 371. The van der Waals surface area contributed by atoms with Gasteiger partial charge in [0.25, 0.3) is 0 Å². The zero-order valence-electron chi connectivity index (χ0n) is 8.36. The van der Waals surface area contributed by atoms with Gasteiger partial charge in [0.15, 0.2) is 11.5 Å². The third-order valence-electron chi connectivity index (χ3n) is 1.76. The SMILES string of the molecule is C=CCOc1ccc(C(=O)[O-])cc1OC. The average Bonchev–Trinajstić information content (AvgIpc) is 2.25. The van der Waals surface area contributed by atoms with Crippen LogP contribution in [0.1, 0.15) is 10.4 Å². The van der Waals surface area contributed by atoms with Gasteiger partial charge in [-0.05, 0) is 18.2 Å². The van der Waals surface area contributed by atoms with Crippen molar-refractivity contribution in [2.45, 2.75) is 0 Å². The minimum Gasteiger partial charge on any atom is -0.545 e. The highest BCUT2D eigenvalue weighted by atomic mass is 16.5. The van der Waals surface area contributed by atoms with Gasteiger partial charge in [-0.3, -0.25) is 0 Å². The number of hydrogen-bond acceptors (Lipinski definition) is 4. The molecule has 0 aliphatic heterocycles. The van der Waals surface area contributed by atoms with Crippen molar-refractivity contribution in [2.24, 2.45) is 0 Å². The molecule has 0 heterocycles. The molecule has 0 fully saturated rings. The first-order valence-electron chi connectivity index (χ1n) is 4.32. The van der Waals surface area contributed by atoms with Crippen LogP contribution in [0.5, 0.6) is 11.5 Å². The van der Waals surface area contributed by atoms with E-state index in [4.69, 9.17) is 9.47 Å². The Labute approximate surface area is 87.7 Å². The van der Waals surface area contributed by atoms with Gasteiger partial charge in [0, 0.05) is 5.56 Å². The van der Waals surface area contributed by atoms with Crippen molar-refractivity contribution in [3.05, 3.63) is 36.4 Å². The van der Waals surface area contributed by atoms with Crippen LogP contribution in [0.4, 0.5) is 0 Å². The van der Waals surface area contributed by atoms with Gasteiger partial charge in [-0.2, -0.15) is 0 Å². The van der Waals surface area contributed by atoms with E-state index >= 15 is 0 Å². The highest BCUT2D eigenvalue weighted by Gasteiger charge is 2.05. The van der Waals surface area contributed by atoms with Crippen molar-refractivity contribution in [1.82, 2.24) is 0 Å². The van der Waals surface area contributed by atoms with Crippen molar-refractivity contribution in [3.8, 4) is 11.5 Å². The normalized spacial score (nSPS) is 9.40. The summed E-state index contributed by atoms with van der Waals surface area (Å²) >= 11 is 0. The highest BCUT2D eigenvalue weighted by Crippen LogP contribution is 2.27. The lowest BCUT2D eigenvalue weighted by molar-refractivity contribution is -0.255. The number of carbonyl (C=O) groups is 1. The summed E-state index contributed by atoms with van der Waals surface area (Å²) in [6.45, 7) is 3.84. The zero-order chi connectivity index (χ0) is 11.3. The minimum absolute atomic E-state index is 0.0535. The fraction of sp³-hybridized carbons (Fsp3) is 0.182. The molecule has 4 heteroatoms. The molecular formula is C11H11O4-. The summed E-state index contributed by atoms with van der Waals surface area (Å²) in [4.78, 5) is 10.6. The third-order valence-corrected chi connectivity index (χ3v) is 1.76. The quantitative estimate of drug-likeness (QED) is 0.664. The van der Waals surface area contributed by atoms with Gasteiger partial charge in [-0.1, -0.05) is 12.7 Å². The third kappa shape index (κ3) is 2.74. The highest BCUT2D eigenvalue weighted by molar-refractivity contribution is 5.86. The first-order chi connectivity index (χ1) is 7.19. The predicted octanol–water partition coefficient (Wildman–Crippen LogP) is 0.623. The molecule has 0 aromatic heterocycles. The van der Waals surface area contributed by atoms with E-state index in [0.29, 0.717) is 18.1 Å². The largest absolute Gasteiger partial charge is 0.545 e. The first kappa shape index (κ1) is 11.1. The summed E-state index contributed by atoms with van der Waals surface area (Å²) in [6, 6.07) is 4.28. The van der Waals surface area contributed by atoms with Crippen LogP contribution < -0.4 is 14.6 Å². The van der Waals surface area contributed by atoms with E-state index in [1.165, 1.54) is 25.3 Å². The molecule has 0 spiro atoms. The molecule has 0 saturated carbocycles. The molecule has 1 aromatic rings. The van der Waals surface area contributed by atoms with Crippen LogP contribution in [0.3, 0.4) is 0 Å². The second-order valence-corrected chi connectivity index (χ2v) is 2.75. The molecule has 1 aromatic carbocycles. The topological polar surface area (TPSA) is 58.6 Å². The summed E-state index contributed by atoms with van der Waals surface area (Å²) in [5, 5.41) is 10.6. The molecule has 0 bridgehead atoms.